The molecule has 19 heavy (non-hydrogen) atoms. The van der Waals surface area contributed by atoms with Gasteiger partial charge in [0.05, 0.1) is 26.7 Å². The molecule has 2 rings (SSSR count). The van der Waals surface area contributed by atoms with Gasteiger partial charge in [0.25, 0.3) is 0 Å². The van der Waals surface area contributed by atoms with Gasteiger partial charge in [0.2, 0.25) is 0 Å². The zero-order valence-corrected chi connectivity index (χ0v) is 13.9. The van der Waals surface area contributed by atoms with Crippen LogP contribution in [0.25, 0.3) is 0 Å². The molecule has 0 saturated carbocycles. The van der Waals surface area contributed by atoms with Gasteiger partial charge in [0.1, 0.15) is 0 Å². The lowest BCUT2D eigenvalue weighted by Crippen LogP contribution is -3.00. The highest BCUT2D eigenvalue weighted by atomic mass is 79.9. The predicted molar refractivity (Wildman–Crippen MR) is 78.6 cm³/mol. The van der Waals surface area contributed by atoms with E-state index in [1.165, 1.54) is 74.6 Å². The molecule has 2 heteroatoms. The molecule has 0 spiro atoms. The third kappa shape index (κ3) is 6.09. The fraction of sp³-hybridized carbons (Fsp3) is 0.647. The van der Waals surface area contributed by atoms with Gasteiger partial charge >= 0.3 is 0 Å². The Balaban J connectivity index is 0.00000180. The van der Waals surface area contributed by atoms with Crippen LogP contribution in [0.3, 0.4) is 0 Å². The number of rotatable bonds is 5. The van der Waals surface area contributed by atoms with E-state index in [9.17, 15) is 0 Å². The Hall–Kier alpha value is -0.340. The van der Waals surface area contributed by atoms with E-state index in [1.807, 2.05) is 0 Å². The molecule has 1 aromatic carbocycles. The summed E-state index contributed by atoms with van der Waals surface area (Å²) in [5.74, 6) is 0. The number of unbranched alkanes of at least 4 members (excludes halogenated alkanes) is 1. The average Bonchev–Trinajstić information content (AvgIpc) is 2.61. The summed E-state index contributed by atoms with van der Waals surface area (Å²) in [6, 6.07) is 10.9. The van der Waals surface area contributed by atoms with Crippen LogP contribution in [0.4, 0.5) is 0 Å². The Morgan fingerprint density at radius 1 is 0.895 bits per heavy atom. The van der Waals surface area contributed by atoms with Gasteiger partial charge in [0.15, 0.2) is 0 Å². The van der Waals surface area contributed by atoms with Gasteiger partial charge in [-0.1, -0.05) is 30.3 Å². The summed E-state index contributed by atoms with van der Waals surface area (Å²) in [6.07, 6.45) is 9.77. The standard InChI is InChI=1S/C17H28N.BrH/c1-18(14-8-2-3-9-15-18)16-10-7-13-17-11-5-4-6-12-17;/h4-6,11-12H,2-3,7-10,13-16H2,1H3;1H/q+1;/p-1. The number of quaternary nitrogens is 1. The maximum atomic E-state index is 2.47. The van der Waals surface area contributed by atoms with Crippen LogP contribution in [0.15, 0.2) is 30.3 Å². The van der Waals surface area contributed by atoms with Crippen molar-refractivity contribution in [3.63, 3.8) is 0 Å². The molecule has 0 aliphatic carbocycles. The molecular weight excluding hydrogens is 298 g/mol. The van der Waals surface area contributed by atoms with E-state index in [1.54, 1.807) is 0 Å². The van der Waals surface area contributed by atoms with Crippen LogP contribution < -0.4 is 17.0 Å². The first-order valence-corrected chi connectivity index (χ1v) is 7.66. The van der Waals surface area contributed by atoms with Gasteiger partial charge in [-0.25, -0.2) is 0 Å². The minimum Gasteiger partial charge on any atom is -1.00 e. The monoisotopic (exact) mass is 325 g/mol. The minimum absolute atomic E-state index is 0. The Bertz CT molecular complexity index is 328. The zero-order valence-electron chi connectivity index (χ0n) is 12.3. The Morgan fingerprint density at radius 2 is 1.53 bits per heavy atom. The molecule has 0 bridgehead atoms. The molecule has 0 aromatic heterocycles. The van der Waals surface area contributed by atoms with Crippen molar-refractivity contribution < 1.29 is 21.5 Å². The van der Waals surface area contributed by atoms with Crippen molar-refractivity contribution in [3.8, 4) is 0 Å². The summed E-state index contributed by atoms with van der Waals surface area (Å²) in [5, 5.41) is 0. The fourth-order valence-corrected chi connectivity index (χ4v) is 3.14. The van der Waals surface area contributed by atoms with Crippen molar-refractivity contribution in [1.29, 1.82) is 0 Å². The highest BCUT2D eigenvalue weighted by Gasteiger charge is 2.22. The van der Waals surface area contributed by atoms with Crippen LogP contribution in [0.5, 0.6) is 0 Å². The summed E-state index contributed by atoms with van der Waals surface area (Å²) in [7, 11) is 2.47. The highest BCUT2D eigenvalue weighted by molar-refractivity contribution is 5.14. The number of hydrogen-bond acceptors (Lipinski definition) is 0. The van der Waals surface area contributed by atoms with E-state index in [0.717, 1.165) is 0 Å². The number of likely N-dealkylation sites (tertiary alicyclic amines) is 1. The first-order chi connectivity index (χ1) is 8.79. The normalized spacial score (nSPS) is 18.4. The lowest BCUT2D eigenvalue weighted by atomic mass is 10.1. The lowest BCUT2D eigenvalue weighted by molar-refractivity contribution is -0.909. The topological polar surface area (TPSA) is 0 Å². The first-order valence-electron chi connectivity index (χ1n) is 7.66. The van der Waals surface area contributed by atoms with Crippen LogP contribution in [-0.2, 0) is 6.42 Å². The quantitative estimate of drug-likeness (QED) is 0.560. The Morgan fingerprint density at radius 3 is 2.16 bits per heavy atom. The molecule has 1 saturated heterocycles. The van der Waals surface area contributed by atoms with Crippen molar-refractivity contribution in [2.75, 3.05) is 26.7 Å². The number of benzene rings is 1. The molecule has 1 fully saturated rings. The van der Waals surface area contributed by atoms with Crippen LogP contribution >= 0.6 is 0 Å². The van der Waals surface area contributed by atoms with Crippen LogP contribution in [-0.4, -0.2) is 31.2 Å². The summed E-state index contributed by atoms with van der Waals surface area (Å²) in [6.45, 7) is 4.20. The summed E-state index contributed by atoms with van der Waals surface area (Å²) < 4.78 is 1.33. The van der Waals surface area contributed by atoms with Gasteiger partial charge in [0, 0.05) is 0 Å². The SMILES string of the molecule is C[N+]1(CCCCc2ccccc2)CCCCCC1.[Br-]. The van der Waals surface area contributed by atoms with Gasteiger partial charge in [-0.2, -0.15) is 0 Å². The largest absolute Gasteiger partial charge is 1.00 e. The smallest absolute Gasteiger partial charge is 0.0784 e. The van der Waals surface area contributed by atoms with Crippen molar-refractivity contribution in [2.24, 2.45) is 0 Å². The molecule has 1 aliphatic rings. The lowest BCUT2D eigenvalue weighted by Gasteiger charge is -2.33. The maximum absolute atomic E-state index is 2.47. The number of hydrogen-bond donors (Lipinski definition) is 0. The van der Waals surface area contributed by atoms with E-state index >= 15 is 0 Å². The third-order valence-electron chi connectivity index (χ3n) is 4.40. The fourth-order valence-electron chi connectivity index (χ4n) is 3.14. The van der Waals surface area contributed by atoms with Crippen LogP contribution in [0.1, 0.15) is 44.1 Å². The molecule has 1 aliphatic heterocycles. The van der Waals surface area contributed by atoms with Crippen molar-refractivity contribution in [1.82, 2.24) is 0 Å². The second kappa shape index (κ2) is 8.76. The molecule has 0 N–H and O–H groups in total. The molecule has 1 aromatic rings. The van der Waals surface area contributed by atoms with E-state index in [-0.39, 0.29) is 17.0 Å². The van der Waals surface area contributed by atoms with E-state index < -0.39 is 0 Å². The van der Waals surface area contributed by atoms with Crippen LogP contribution in [0, 0.1) is 0 Å². The average molecular weight is 326 g/mol. The first kappa shape index (κ1) is 16.7. The summed E-state index contributed by atoms with van der Waals surface area (Å²) in [4.78, 5) is 0. The second-order valence-electron chi connectivity index (χ2n) is 6.15. The van der Waals surface area contributed by atoms with Crippen LogP contribution in [0.2, 0.25) is 0 Å². The van der Waals surface area contributed by atoms with Crippen molar-refractivity contribution in [2.45, 2.75) is 44.9 Å². The molecule has 0 amide bonds. The second-order valence-corrected chi connectivity index (χ2v) is 6.15. The highest BCUT2D eigenvalue weighted by Crippen LogP contribution is 2.17. The van der Waals surface area contributed by atoms with Crippen molar-refractivity contribution >= 4 is 0 Å². The maximum Gasteiger partial charge on any atom is 0.0784 e. The summed E-state index contributed by atoms with van der Waals surface area (Å²) >= 11 is 0. The number of nitrogens with zero attached hydrogens (tertiary/aromatic N) is 1. The third-order valence-corrected chi connectivity index (χ3v) is 4.40. The molecule has 108 valence electrons. The van der Waals surface area contributed by atoms with Gasteiger partial charge < -0.3 is 21.5 Å². The summed E-state index contributed by atoms with van der Waals surface area (Å²) in [5.41, 5.74) is 1.50. The molecule has 1 heterocycles. The molecule has 0 atom stereocenters. The molecule has 0 radical (unpaired) electrons. The number of aryl methyl sites for hydroxylation is 1. The van der Waals surface area contributed by atoms with Gasteiger partial charge in [-0.3, -0.25) is 0 Å². The van der Waals surface area contributed by atoms with Gasteiger partial charge in [-0.15, -0.1) is 0 Å². The Labute approximate surface area is 129 Å². The zero-order chi connectivity index (χ0) is 12.7. The predicted octanol–water partition coefficient (Wildman–Crippen LogP) is 1.03. The number of halogens is 1. The molecule has 0 unspecified atom stereocenters. The van der Waals surface area contributed by atoms with E-state index in [2.05, 4.69) is 37.4 Å². The minimum atomic E-state index is 0. The van der Waals surface area contributed by atoms with E-state index in [0.29, 0.717) is 0 Å². The molecule has 1 nitrogen and oxygen atoms in total. The van der Waals surface area contributed by atoms with Gasteiger partial charge in [-0.05, 0) is 50.5 Å². The van der Waals surface area contributed by atoms with E-state index in [4.69, 9.17) is 0 Å². The Kier molecular flexibility index (Phi) is 7.70. The van der Waals surface area contributed by atoms with Crippen molar-refractivity contribution in [3.05, 3.63) is 35.9 Å². The molecular formula is C17H28BrN.